The molecule has 1 heterocycles. The maximum Gasteiger partial charge on any atom is 0.339 e. The molecule has 7 nitrogen and oxygen atoms in total. The number of hydrogen-bond donors (Lipinski definition) is 1. The standard InChI is InChI=1S/C28H37N3O4/c1-17(2)35-24-16-21-19(15-23(24)34-8)11-14-22-25(21)26(18-9-12-20(33-7)13-10-18)29-31(22)27(32)30(6)28(3,4)5/h9-10,12-13,15-17,26,29H,11,14H2,1-8H3. The number of nitrogens with zero attached hydrogens (tertiary/aromatic N) is 2. The number of urea groups is 1. The SMILES string of the molecule is COc1ccc(C2NN(C(=O)N(C)C(C)(C)C)C3=C2c2cc(OC(C)C)c(OC)cc2CC3)cc1. The predicted molar refractivity (Wildman–Crippen MR) is 138 cm³/mol. The average molecular weight is 480 g/mol. The zero-order valence-corrected chi connectivity index (χ0v) is 22.1. The lowest BCUT2D eigenvalue weighted by molar-refractivity contribution is 0.122. The summed E-state index contributed by atoms with van der Waals surface area (Å²) in [6, 6.07) is 11.9. The van der Waals surface area contributed by atoms with Crippen molar-refractivity contribution in [1.29, 1.82) is 0 Å². The maximum absolute atomic E-state index is 13.6. The molecule has 1 aliphatic heterocycles. The minimum atomic E-state index is -0.310. The van der Waals surface area contributed by atoms with E-state index in [0.717, 1.165) is 46.7 Å². The fourth-order valence-corrected chi connectivity index (χ4v) is 4.58. The summed E-state index contributed by atoms with van der Waals surface area (Å²) < 4.78 is 17.1. The number of hydrogen-bond acceptors (Lipinski definition) is 5. The van der Waals surface area contributed by atoms with Crippen molar-refractivity contribution < 1.29 is 19.0 Å². The van der Waals surface area contributed by atoms with Crippen LogP contribution in [0.15, 0.2) is 42.1 Å². The predicted octanol–water partition coefficient (Wildman–Crippen LogP) is 5.56. The van der Waals surface area contributed by atoms with Crippen molar-refractivity contribution in [3.63, 3.8) is 0 Å². The number of nitrogens with one attached hydrogen (secondary N) is 1. The number of carbonyl (C=O) groups excluding carboxylic acids is 1. The molecule has 4 rings (SSSR count). The van der Waals surface area contributed by atoms with Crippen molar-refractivity contribution in [2.24, 2.45) is 0 Å². The van der Waals surface area contributed by atoms with Gasteiger partial charge in [-0.2, -0.15) is 0 Å². The molecule has 1 aliphatic carbocycles. The number of ether oxygens (including phenoxy) is 3. The lowest BCUT2D eigenvalue weighted by Crippen LogP contribution is -2.52. The van der Waals surface area contributed by atoms with Crippen LogP contribution in [0.25, 0.3) is 5.57 Å². The Morgan fingerprint density at radius 2 is 1.74 bits per heavy atom. The molecule has 1 atom stereocenters. The van der Waals surface area contributed by atoms with E-state index in [1.54, 1.807) is 24.1 Å². The largest absolute Gasteiger partial charge is 0.497 e. The molecule has 2 aromatic rings. The van der Waals surface area contributed by atoms with Crippen molar-refractivity contribution in [2.45, 2.75) is 65.1 Å². The van der Waals surface area contributed by atoms with E-state index >= 15 is 0 Å². The number of aryl methyl sites for hydroxylation is 1. The first-order valence-corrected chi connectivity index (χ1v) is 12.1. The fraction of sp³-hybridized carbons (Fsp3) is 0.464. The third kappa shape index (κ3) is 4.69. The van der Waals surface area contributed by atoms with Crippen LogP contribution in [0.4, 0.5) is 4.79 Å². The minimum Gasteiger partial charge on any atom is -0.497 e. The molecular weight excluding hydrogens is 442 g/mol. The molecule has 0 radical (unpaired) electrons. The number of hydrazine groups is 1. The van der Waals surface area contributed by atoms with Gasteiger partial charge in [0, 0.05) is 23.9 Å². The fourth-order valence-electron chi connectivity index (χ4n) is 4.58. The molecule has 0 spiro atoms. The van der Waals surface area contributed by atoms with Crippen molar-refractivity contribution in [1.82, 2.24) is 15.3 Å². The number of amides is 2. The number of carbonyl (C=O) groups is 1. The molecule has 7 heteroatoms. The van der Waals surface area contributed by atoms with Crippen LogP contribution < -0.4 is 19.6 Å². The van der Waals surface area contributed by atoms with E-state index in [1.807, 2.05) is 65.9 Å². The van der Waals surface area contributed by atoms with Gasteiger partial charge in [-0.25, -0.2) is 15.2 Å². The Bertz CT molecular complexity index is 1130. The first-order chi connectivity index (χ1) is 16.5. The quantitative estimate of drug-likeness (QED) is 0.608. The van der Waals surface area contributed by atoms with Crippen LogP contribution in [0.3, 0.4) is 0 Å². The highest BCUT2D eigenvalue weighted by molar-refractivity contribution is 5.87. The second-order valence-electron chi connectivity index (χ2n) is 10.4. The lowest BCUT2D eigenvalue weighted by atomic mass is 9.83. The Morgan fingerprint density at radius 3 is 2.31 bits per heavy atom. The summed E-state index contributed by atoms with van der Waals surface area (Å²) in [6.07, 6.45) is 1.57. The zero-order chi connectivity index (χ0) is 25.5. The van der Waals surface area contributed by atoms with E-state index in [1.165, 1.54) is 5.56 Å². The monoisotopic (exact) mass is 479 g/mol. The van der Waals surface area contributed by atoms with E-state index < -0.39 is 0 Å². The number of fused-ring (bicyclic) bond motifs is 2. The molecular formula is C28H37N3O4. The normalized spacial score (nSPS) is 17.3. The molecule has 2 aliphatic rings. The Balaban J connectivity index is 1.86. The summed E-state index contributed by atoms with van der Waals surface area (Å²) in [7, 11) is 5.18. The van der Waals surface area contributed by atoms with Gasteiger partial charge in [-0.05, 0) is 88.4 Å². The van der Waals surface area contributed by atoms with Gasteiger partial charge >= 0.3 is 6.03 Å². The number of methoxy groups -OCH3 is 2. The Hall–Kier alpha value is -3.19. The van der Waals surface area contributed by atoms with E-state index in [2.05, 4.69) is 17.6 Å². The van der Waals surface area contributed by atoms with Crippen LogP contribution in [0, 0.1) is 0 Å². The van der Waals surface area contributed by atoms with Crippen LogP contribution in [0.1, 0.15) is 63.8 Å². The minimum absolute atomic E-state index is 0.0107. The molecule has 35 heavy (non-hydrogen) atoms. The molecule has 1 N–H and O–H groups in total. The van der Waals surface area contributed by atoms with Crippen LogP contribution in [0.5, 0.6) is 17.2 Å². The summed E-state index contributed by atoms with van der Waals surface area (Å²) in [6.45, 7) is 10.1. The molecule has 188 valence electrons. The van der Waals surface area contributed by atoms with Crippen molar-refractivity contribution >= 4 is 11.6 Å². The summed E-state index contributed by atoms with van der Waals surface area (Å²) in [5.41, 5.74) is 8.65. The van der Waals surface area contributed by atoms with E-state index in [4.69, 9.17) is 14.2 Å². The summed E-state index contributed by atoms with van der Waals surface area (Å²) in [5, 5.41) is 1.74. The Kier molecular flexibility index (Phi) is 6.73. The molecule has 2 aromatic carbocycles. The first-order valence-electron chi connectivity index (χ1n) is 12.1. The lowest BCUT2D eigenvalue weighted by Gasteiger charge is -2.36. The molecule has 1 unspecified atom stereocenters. The van der Waals surface area contributed by atoms with Gasteiger partial charge in [0.2, 0.25) is 0 Å². The van der Waals surface area contributed by atoms with E-state index in [-0.39, 0.29) is 23.7 Å². The van der Waals surface area contributed by atoms with Crippen LogP contribution in [-0.4, -0.2) is 48.9 Å². The van der Waals surface area contributed by atoms with E-state index in [9.17, 15) is 4.79 Å². The zero-order valence-electron chi connectivity index (χ0n) is 22.1. The van der Waals surface area contributed by atoms with Gasteiger partial charge in [-0.15, -0.1) is 0 Å². The van der Waals surface area contributed by atoms with Crippen LogP contribution in [0.2, 0.25) is 0 Å². The molecule has 0 saturated heterocycles. The van der Waals surface area contributed by atoms with Gasteiger partial charge in [0.25, 0.3) is 0 Å². The van der Waals surface area contributed by atoms with Crippen molar-refractivity contribution in [2.75, 3.05) is 21.3 Å². The highest BCUT2D eigenvalue weighted by atomic mass is 16.5. The van der Waals surface area contributed by atoms with Gasteiger partial charge in [0.15, 0.2) is 11.5 Å². The first kappa shape index (κ1) is 24.9. The number of benzene rings is 2. The second kappa shape index (κ2) is 9.46. The smallest absolute Gasteiger partial charge is 0.339 e. The Labute approximate surface area is 208 Å². The highest BCUT2D eigenvalue weighted by Gasteiger charge is 2.41. The molecule has 2 amide bonds. The highest BCUT2D eigenvalue weighted by Crippen LogP contribution is 2.48. The topological polar surface area (TPSA) is 63.3 Å². The molecule has 0 saturated carbocycles. The van der Waals surface area contributed by atoms with Gasteiger partial charge in [-0.1, -0.05) is 12.1 Å². The van der Waals surface area contributed by atoms with Gasteiger partial charge in [0.1, 0.15) is 5.75 Å². The third-order valence-electron chi connectivity index (χ3n) is 6.73. The van der Waals surface area contributed by atoms with Crippen molar-refractivity contribution in [3.05, 3.63) is 58.8 Å². The van der Waals surface area contributed by atoms with Gasteiger partial charge < -0.3 is 19.1 Å². The van der Waals surface area contributed by atoms with Crippen LogP contribution >= 0.6 is 0 Å². The third-order valence-corrected chi connectivity index (χ3v) is 6.73. The number of rotatable bonds is 5. The molecule has 0 aromatic heterocycles. The summed E-state index contributed by atoms with van der Waals surface area (Å²) in [5.74, 6) is 2.23. The number of allylic oxidation sites excluding steroid dienone is 1. The molecule has 0 bridgehead atoms. The Morgan fingerprint density at radius 1 is 1.06 bits per heavy atom. The summed E-state index contributed by atoms with van der Waals surface area (Å²) >= 11 is 0. The second-order valence-corrected chi connectivity index (χ2v) is 10.4. The maximum atomic E-state index is 13.6. The van der Waals surface area contributed by atoms with Crippen molar-refractivity contribution in [3.8, 4) is 17.2 Å². The van der Waals surface area contributed by atoms with Gasteiger partial charge in [0.05, 0.1) is 26.4 Å². The van der Waals surface area contributed by atoms with Crippen LogP contribution in [-0.2, 0) is 6.42 Å². The van der Waals surface area contributed by atoms with E-state index in [0.29, 0.717) is 5.75 Å². The molecule has 0 fully saturated rings. The van der Waals surface area contributed by atoms with Gasteiger partial charge in [-0.3, -0.25) is 0 Å². The summed E-state index contributed by atoms with van der Waals surface area (Å²) in [4.78, 5) is 15.4. The average Bonchev–Trinajstić information content (AvgIpc) is 3.22.